The zero-order chi connectivity index (χ0) is 22.4. The Labute approximate surface area is 186 Å². The summed E-state index contributed by atoms with van der Waals surface area (Å²) in [5.41, 5.74) is 4.30. The van der Waals surface area contributed by atoms with Crippen LogP contribution in [-0.2, 0) is 34.1 Å². The summed E-state index contributed by atoms with van der Waals surface area (Å²) in [7, 11) is 0.235. The van der Waals surface area contributed by atoms with Crippen LogP contribution >= 0.6 is 0 Å². The molecule has 0 atom stereocenters. The molecule has 1 N–H and O–H groups in total. The summed E-state index contributed by atoms with van der Waals surface area (Å²) in [5, 5.41) is 7.19. The van der Waals surface area contributed by atoms with E-state index < -0.39 is 9.84 Å². The first kappa shape index (κ1) is 23.9. The van der Waals surface area contributed by atoms with E-state index in [1.807, 2.05) is 18.4 Å². The van der Waals surface area contributed by atoms with Crippen LogP contribution in [0.1, 0.15) is 61.2 Å². The minimum atomic E-state index is -3.45. The van der Waals surface area contributed by atoms with Crippen LogP contribution in [0.4, 0.5) is 0 Å². The van der Waals surface area contributed by atoms with Gasteiger partial charge in [0, 0.05) is 32.4 Å². The Hall–Kier alpha value is -1.71. The van der Waals surface area contributed by atoms with Crippen molar-refractivity contribution in [3.8, 4) is 0 Å². The average molecular weight is 452 g/mol. The molecule has 1 aliphatic carbocycles. The standard InChI is InChI=1S/C22H37N5O3S/c1-17-21(18(2)25-24-17)11-12-26(3)16-19-15-23-22(27(19)13-14-30-4)31(28,29)20-9-7-5-6-8-10-20/h15,20H,5-14,16H2,1-4H3,(H,24,25). The van der Waals surface area contributed by atoms with Crippen LogP contribution < -0.4 is 0 Å². The number of H-pyrrole nitrogens is 1. The van der Waals surface area contributed by atoms with Crippen LogP contribution in [0, 0.1) is 13.8 Å². The van der Waals surface area contributed by atoms with Crippen molar-refractivity contribution in [3.05, 3.63) is 28.8 Å². The van der Waals surface area contributed by atoms with Gasteiger partial charge in [-0.2, -0.15) is 5.10 Å². The van der Waals surface area contributed by atoms with E-state index in [1.54, 1.807) is 13.3 Å². The molecule has 2 heterocycles. The van der Waals surface area contributed by atoms with Crippen LogP contribution in [-0.4, -0.2) is 65.6 Å². The van der Waals surface area contributed by atoms with Gasteiger partial charge in [0.05, 0.1) is 29.4 Å². The SMILES string of the molecule is COCCn1c(CN(C)CCc2c(C)n[nH]c2C)cnc1S(=O)(=O)C1CCCCCC1. The molecule has 0 unspecified atom stereocenters. The quantitative estimate of drug-likeness (QED) is 0.558. The zero-order valence-corrected chi connectivity index (χ0v) is 20.2. The van der Waals surface area contributed by atoms with E-state index in [2.05, 4.69) is 27.1 Å². The van der Waals surface area contributed by atoms with Crippen molar-refractivity contribution in [2.75, 3.05) is 27.3 Å². The lowest BCUT2D eigenvalue weighted by Crippen LogP contribution is -2.27. The lowest BCUT2D eigenvalue weighted by Gasteiger charge is -2.20. The number of likely N-dealkylation sites (N-methyl/N-ethyl adjacent to an activating group) is 1. The van der Waals surface area contributed by atoms with Gasteiger partial charge >= 0.3 is 0 Å². The van der Waals surface area contributed by atoms with Crippen molar-refractivity contribution >= 4 is 9.84 Å². The summed E-state index contributed by atoms with van der Waals surface area (Å²) in [5.74, 6) is 0. The molecule has 1 aliphatic rings. The number of imidazole rings is 1. The van der Waals surface area contributed by atoms with E-state index in [0.29, 0.717) is 19.7 Å². The van der Waals surface area contributed by atoms with E-state index in [9.17, 15) is 8.42 Å². The van der Waals surface area contributed by atoms with Crippen LogP contribution in [0.3, 0.4) is 0 Å². The highest BCUT2D eigenvalue weighted by Gasteiger charge is 2.32. The van der Waals surface area contributed by atoms with Crippen molar-refractivity contribution in [2.24, 2.45) is 0 Å². The Morgan fingerprint density at radius 2 is 1.94 bits per heavy atom. The smallest absolute Gasteiger partial charge is 0.228 e. The van der Waals surface area contributed by atoms with E-state index in [-0.39, 0.29) is 10.4 Å². The molecule has 0 saturated heterocycles. The summed E-state index contributed by atoms with van der Waals surface area (Å²) >= 11 is 0. The van der Waals surface area contributed by atoms with E-state index in [4.69, 9.17) is 4.74 Å². The fraction of sp³-hybridized carbons (Fsp3) is 0.727. The van der Waals surface area contributed by atoms with Crippen LogP contribution in [0.5, 0.6) is 0 Å². The second-order valence-electron chi connectivity index (χ2n) is 8.74. The molecule has 0 bridgehead atoms. The van der Waals surface area contributed by atoms with Crippen molar-refractivity contribution < 1.29 is 13.2 Å². The topological polar surface area (TPSA) is 93.1 Å². The Morgan fingerprint density at radius 1 is 1.23 bits per heavy atom. The van der Waals surface area contributed by atoms with Crippen molar-refractivity contribution in [1.82, 2.24) is 24.6 Å². The van der Waals surface area contributed by atoms with Gasteiger partial charge in [-0.1, -0.05) is 25.7 Å². The number of nitrogens with zero attached hydrogens (tertiary/aromatic N) is 4. The highest BCUT2D eigenvalue weighted by molar-refractivity contribution is 7.91. The number of aromatic nitrogens is 4. The predicted molar refractivity (Wildman–Crippen MR) is 121 cm³/mol. The van der Waals surface area contributed by atoms with Gasteiger partial charge in [-0.3, -0.25) is 5.10 Å². The van der Waals surface area contributed by atoms with Gasteiger partial charge in [0.1, 0.15) is 0 Å². The molecule has 1 saturated carbocycles. The molecule has 0 aromatic carbocycles. The Morgan fingerprint density at radius 3 is 2.55 bits per heavy atom. The second kappa shape index (κ2) is 10.7. The predicted octanol–water partition coefficient (Wildman–Crippen LogP) is 3.04. The third-order valence-corrected chi connectivity index (χ3v) is 8.56. The number of sulfone groups is 1. The number of aromatic amines is 1. The zero-order valence-electron chi connectivity index (χ0n) is 19.4. The number of hydrogen-bond acceptors (Lipinski definition) is 6. The molecule has 2 aromatic heterocycles. The van der Waals surface area contributed by atoms with Crippen LogP contribution in [0.15, 0.2) is 11.4 Å². The van der Waals surface area contributed by atoms with Crippen LogP contribution in [0.2, 0.25) is 0 Å². The Bertz CT molecular complexity index is 923. The summed E-state index contributed by atoms with van der Waals surface area (Å²) in [6.45, 7) is 6.48. The van der Waals surface area contributed by atoms with Gasteiger partial charge in [-0.15, -0.1) is 0 Å². The minimum absolute atomic E-state index is 0.210. The Kier molecular flexibility index (Phi) is 8.30. The molecular formula is C22H37N5O3S. The summed E-state index contributed by atoms with van der Waals surface area (Å²) in [6, 6.07) is 0. The van der Waals surface area contributed by atoms with Gasteiger partial charge in [0.15, 0.2) is 0 Å². The lowest BCUT2D eigenvalue weighted by atomic mass is 10.1. The van der Waals surface area contributed by atoms with Gasteiger partial charge < -0.3 is 14.2 Å². The van der Waals surface area contributed by atoms with Crippen molar-refractivity contribution in [2.45, 2.75) is 82.3 Å². The molecule has 0 aliphatic heterocycles. The maximum atomic E-state index is 13.4. The van der Waals surface area contributed by atoms with Crippen molar-refractivity contribution in [1.29, 1.82) is 0 Å². The first-order valence-electron chi connectivity index (χ1n) is 11.3. The number of methoxy groups -OCH3 is 1. The Balaban J connectivity index is 1.76. The molecule has 0 spiro atoms. The third kappa shape index (κ3) is 5.75. The maximum Gasteiger partial charge on any atom is 0.228 e. The number of ether oxygens (including phenoxy) is 1. The van der Waals surface area contributed by atoms with Crippen LogP contribution in [0.25, 0.3) is 0 Å². The monoisotopic (exact) mass is 451 g/mol. The number of hydrogen-bond donors (Lipinski definition) is 1. The van der Waals surface area contributed by atoms with Gasteiger partial charge in [-0.05, 0) is 45.7 Å². The molecular weight excluding hydrogens is 414 g/mol. The molecule has 3 rings (SSSR count). The summed E-state index contributed by atoms with van der Waals surface area (Å²) in [6.07, 6.45) is 8.28. The second-order valence-corrected chi connectivity index (χ2v) is 10.9. The van der Waals surface area contributed by atoms with Gasteiger partial charge in [0.2, 0.25) is 15.0 Å². The first-order chi connectivity index (χ1) is 14.8. The van der Waals surface area contributed by atoms with Gasteiger partial charge in [0.25, 0.3) is 0 Å². The largest absolute Gasteiger partial charge is 0.383 e. The normalized spacial score (nSPS) is 16.2. The minimum Gasteiger partial charge on any atom is -0.383 e. The fourth-order valence-corrected chi connectivity index (χ4v) is 6.44. The number of rotatable bonds is 10. The summed E-state index contributed by atoms with van der Waals surface area (Å²) in [4.78, 5) is 6.62. The maximum absolute atomic E-state index is 13.4. The molecule has 8 nitrogen and oxygen atoms in total. The van der Waals surface area contributed by atoms with Gasteiger partial charge in [-0.25, -0.2) is 13.4 Å². The number of nitrogens with one attached hydrogen (secondary N) is 1. The summed E-state index contributed by atoms with van der Waals surface area (Å²) < 4.78 is 34.0. The molecule has 0 radical (unpaired) electrons. The number of aryl methyl sites for hydroxylation is 2. The molecule has 0 amide bonds. The molecule has 31 heavy (non-hydrogen) atoms. The molecule has 2 aromatic rings. The molecule has 174 valence electrons. The molecule has 9 heteroatoms. The highest BCUT2D eigenvalue weighted by Crippen LogP contribution is 2.28. The fourth-order valence-electron chi connectivity index (χ4n) is 4.47. The lowest BCUT2D eigenvalue weighted by molar-refractivity contribution is 0.182. The molecule has 1 fully saturated rings. The average Bonchev–Trinajstić information content (AvgIpc) is 3.14. The van der Waals surface area contributed by atoms with E-state index in [1.165, 1.54) is 5.56 Å². The highest BCUT2D eigenvalue weighted by atomic mass is 32.2. The van der Waals surface area contributed by atoms with E-state index in [0.717, 1.165) is 68.6 Å². The van der Waals surface area contributed by atoms with Crippen molar-refractivity contribution in [3.63, 3.8) is 0 Å². The third-order valence-electron chi connectivity index (χ3n) is 6.37. The first-order valence-corrected chi connectivity index (χ1v) is 12.9. The van der Waals surface area contributed by atoms with E-state index >= 15 is 0 Å².